The van der Waals surface area contributed by atoms with E-state index in [2.05, 4.69) is 0 Å². The second-order valence-electron chi connectivity index (χ2n) is 4.60. The Kier molecular flexibility index (Phi) is 2.86. The number of carboxylic acids is 1. The maximum Gasteiger partial charge on any atom is 0.303 e. The normalized spacial score (nSPS) is 16.8. The summed E-state index contributed by atoms with van der Waals surface area (Å²) in [4.78, 5) is 10.7. The lowest BCUT2D eigenvalue weighted by atomic mass is 9.93. The molecule has 0 amide bonds. The van der Waals surface area contributed by atoms with Gasteiger partial charge in [0.2, 0.25) is 0 Å². The molecule has 16 heavy (non-hydrogen) atoms. The summed E-state index contributed by atoms with van der Waals surface area (Å²) < 4.78 is 5.09. The van der Waals surface area contributed by atoms with Gasteiger partial charge in [-0.3, -0.25) is 4.79 Å². The average Bonchev–Trinajstić information content (AvgIpc) is 2.98. The van der Waals surface area contributed by atoms with E-state index < -0.39 is 5.97 Å². The predicted octanol–water partition coefficient (Wildman–Crippen LogP) is 2.49. The Morgan fingerprint density at radius 2 is 2.00 bits per heavy atom. The summed E-state index contributed by atoms with van der Waals surface area (Å²) in [6, 6.07) is 7.87. The Morgan fingerprint density at radius 3 is 2.44 bits per heavy atom. The summed E-state index contributed by atoms with van der Waals surface area (Å²) in [5.41, 5.74) is 1.22. The van der Waals surface area contributed by atoms with Gasteiger partial charge in [-0.15, -0.1) is 0 Å². The molecule has 1 saturated carbocycles. The molecule has 0 spiro atoms. The average molecular weight is 220 g/mol. The highest BCUT2D eigenvalue weighted by Crippen LogP contribution is 2.51. The van der Waals surface area contributed by atoms with Gasteiger partial charge in [0.05, 0.1) is 13.5 Å². The van der Waals surface area contributed by atoms with Crippen molar-refractivity contribution in [1.29, 1.82) is 0 Å². The summed E-state index contributed by atoms with van der Waals surface area (Å²) in [7, 11) is 1.64. The fourth-order valence-corrected chi connectivity index (χ4v) is 2.09. The van der Waals surface area contributed by atoms with Crippen molar-refractivity contribution in [2.45, 2.75) is 25.7 Å². The fraction of sp³-hybridized carbons (Fsp3) is 0.462. The van der Waals surface area contributed by atoms with E-state index in [0.29, 0.717) is 6.42 Å². The third kappa shape index (κ3) is 2.54. The Hall–Kier alpha value is -1.51. The Labute approximate surface area is 95.0 Å². The van der Waals surface area contributed by atoms with Crippen molar-refractivity contribution in [2.24, 2.45) is 5.41 Å². The number of carbonyl (C=O) groups is 1. The van der Waals surface area contributed by atoms with Crippen molar-refractivity contribution in [1.82, 2.24) is 0 Å². The number of carboxylic acid groups (broad SMARTS) is 1. The van der Waals surface area contributed by atoms with Gasteiger partial charge in [0.1, 0.15) is 5.75 Å². The summed E-state index contributed by atoms with van der Waals surface area (Å²) in [6.45, 7) is 0. The van der Waals surface area contributed by atoms with Crippen LogP contribution >= 0.6 is 0 Å². The van der Waals surface area contributed by atoms with Crippen molar-refractivity contribution in [3.63, 3.8) is 0 Å². The van der Waals surface area contributed by atoms with Crippen LogP contribution in [0.4, 0.5) is 0 Å². The first-order chi connectivity index (χ1) is 7.63. The van der Waals surface area contributed by atoms with Crippen LogP contribution in [0.2, 0.25) is 0 Å². The number of rotatable bonds is 5. The SMILES string of the molecule is COc1ccc(CC2(CC(=O)O)CC2)cc1. The number of benzene rings is 1. The van der Waals surface area contributed by atoms with Crippen LogP contribution in [0.25, 0.3) is 0 Å². The maximum atomic E-state index is 10.7. The van der Waals surface area contributed by atoms with Crippen LogP contribution in [0.15, 0.2) is 24.3 Å². The predicted molar refractivity (Wildman–Crippen MR) is 60.6 cm³/mol. The number of ether oxygens (including phenoxy) is 1. The molecule has 0 aliphatic heterocycles. The molecule has 1 aromatic rings. The molecule has 3 nitrogen and oxygen atoms in total. The first-order valence-corrected chi connectivity index (χ1v) is 5.48. The van der Waals surface area contributed by atoms with Gasteiger partial charge in [0.15, 0.2) is 0 Å². The molecule has 1 aliphatic carbocycles. The van der Waals surface area contributed by atoms with Crippen molar-refractivity contribution in [3.8, 4) is 5.75 Å². The van der Waals surface area contributed by atoms with Gasteiger partial charge in [0.25, 0.3) is 0 Å². The lowest BCUT2D eigenvalue weighted by Gasteiger charge is -2.12. The van der Waals surface area contributed by atoms with Gasteiger partial charge in [0, 0.05) is 0 Å². The van der Waals surface area contributed by atoms with E-state index in [0.717, 1.165) is 25.0 Å². The summed E-state index contributed by atoms with van der Waals surface area (Å²) in [5, 5.41) is 8.83. The number of hydrogen-bond donors (Lipinski definition) is 1. The van der Waals surface area contributed by atoms with E-state index in [1.54, 1.807) is 7.11 Å². The molecule has 1 N–H and O–H groups in total. The fourth-order valence-electron chi connectivity index (χ4n) is 2.09. The highest BCUT2D eigenvalue weighted by atomic mass is 16.5. The molecule has 1 fully saturated rings. The molecule has 0 aromatic heterocycles. The lowest BCUT2D eigenvalue weighted by Crippen LogP contribution is -2.11. The van der Waals surface area contributed by atoms with Crippen LogP contribution in [0, 0.1) is 5.41 Å². The minimum Gasteiger partial charge on any atom is -0.497 e. The van der Waals surface area contributed by atoms with Crippen molar-refractivity contribution in [3.05, 3.63) is 29.8 Å². The summed E-state index contributed by atoms with van der Waals surface area (Å²) in [6.07, 6.45) is 3.22. The van der Waals surface area contributed by atoms with Crippen LogP contribution in [0.3, 0.4) is 0 Å². The van der Waals surface area contributed by atoms with Crippen LogP contribution < -0.4 is 4.74 Å². The first kappa shape index (κ1) is 11.0. The standard InChI is InChI=1S/C13H16O3/c1-16-11-4-2-10(3-5-11)8-13(6-7-13)9-12(14)15/h2-5H,6-9H2,1H3,(H,14,15). The largest absolute Gasteiger partial charge is 0.497 e. The molecule has 0 atom stereocenters. The molecule has 86 valence electrons. The molecular weight excluding hydrogens is 204 g/mol. The molecule has 0 bridgehead atoms. The third-order valence-corrected chi connectivity index (χ3v) is 3.22. The summed E-state index contributed by atoms with van der Waals surface area (Å²) in [5.74, 6) is 0.151. The van der Waals surface area contributed by atoms with Crippen LogP contribution in [0.1, 0.15) is 24.8 Å². The zero-order valence-electron chi connectivity index (χ0n) is 9.40. The smallest absolute Gasteiger partial charge is 0.303 e. The van der Waals surface area contributed by atoms with Crippen molar-refractivity contribution >= 4 is 5.97 Å². The Morgan fingerprint density at radius 1 is 1.38 bits per heavy atom. The van der Waals surface area contributed by atoms with Crippen molar-refractivity contribution in [2.75, 3.05) is 7.11 Å². The second kappa shape index (κ2) is 4.16. The van der Waals surface area contributed by atoms with E-state index >= 15 is 0 Å². The summed E-state index contributed by atoms with van der Waals surface area (Å²) >= 11 is 0. The van der Waals surface area contributed by atoms with E-state index in [1.807, 2.05) is 24.3 Å². The van der Waals surface area contributed by atoms with Gasteiger partial charge in [-0.05, 0) is 42.4 Å². The van der Waals surface area contributed by atoms with Gasteiger partial charge in [-0.25, -0.2) is 0 Å². The van der Waals surface area contributed by atoms with Crippen LogP contribution in [0.5, 0.6) is 5.75 Å². The first-order valence-electron chi connectivity index (χ1n) is 5.48. The zero-order chi connectivity index (χ0) is 11.6. The van der Waals surface area contributed by atoms with Crippen molar-refractivity contribution < 1.29 is 14.6 Å². The monoisotopic (exact) mass is 220 g/mol. The quantitative estimate of drug-likeness (QED) is 0.829. The van der Waals surface area contributed by atoms with E-state index in [9.17, 15) is 4.79 Å². The molecule has 2 rings (SSSR count). The Bertz CT molecular complexity index is 377. The molecule has 0 heterocycles. The van der Waals surface area contributed by atoms with Crippen LogP contribution in [-0.4, -0.2) is 18.2 Å². The number of aliphatic carboxylic acids is 1. The molecule has 0 radical (unpaired) electrons. The van der Waals surface area contributed by atoms with Crippen LogP contribution in [-0.2, 0) is 11.2 Å². The van der Waals surface area contributed by atoms with E-state index in [-0.39, 0.29) is 5.41 Å². The Balaban J connectivity index is 2.00. The van der Waals surface area contributed by atoms with Gasteiger partial charge < -0.3 is 9.84 Å². The maximum absolute atomic E-state index is 10.7. The van der Waals surface area contributed by atoms with Gasteiger partial charge in [-0.1, -0.05) is 12.1 Å². The van der Waals surface area contributed by atoms with Gasteiger partial charge >= 0.3 is 5.97 Å². The highest BCUT2D eigenvalue weighted by molar-refractivity contribution is 5.68. The van der Waals surface area contributed by atoms with E-state index in [1.165, 1.54) is 5.56 Å². The molecule has 3 heteroatoms. The zero-order valence-corrected chi connectivity index (χ0v) is 9.40. The molecule has 1 aliphatic rings. The topological polar surface area (TPSA) is 46.5 Å². The third-order valence-electron chi connectivity index (χ3n) is 3.22. The molecule has 0 saturated heterocycles. The molecule has 0 unspecified atom stereocenters. The van der Waals surface area contributed by atoms with E-state index in [4.69, 9.17) is 9.84 Å². The minimum atomic E-state index is -0.689. The van der Waals surface area contributed by atoms with Gasteiger partial charge in [-0.2, -0.15) is 0 Å². The minimum absolute atomic E-state index is 0.0282. The molecular formula is C13H16O3. The number of methoxy groups -OCH3 is 1. The molecule has 1 aromatic carbocycles. The lowest BCUT2D eigenvalue weighted by molar-refractivity contribution is -0.138. The second-order valence-corrected chi connectivity index (χ2v) is 4.60. The highest BCUT2D eigenvalue weighted by Gasteiger charge is 2.44. The number of hydrogen-bond acceptors (Lipinski definition) is 2.